The third-order valence-corrected chi connectivity index (χ3v) is 9.39. The number of aliphatic hydroxyl groups excluding tert-OH is 1. The first kappa shape index (κ1) is 25.1. The molecule has 0 spiro atoms. The fourth-order valence-corrected chi connectivity index (χ4v) is 7.35. The van der Waals surface area contributed by atoms with Gasteiger partial charge in [-0.05, 0) is 75.1 Å². The number of aliphatic hydroxyl groups is 1. The Morgan fingerprint density at radius 1 is 1.18 bits per heavy atom. The molecule has 3 N–H and O–H groups in total. The smallest absolute Gasteiger partial charge is 0.244 e. The first-order chi connectivity index (χ1) is 16.2. The maximum atomic E-state index is 13.2. The summed E-state index contributed by atoms with van der Waals surface area (Å²) in [6.07, 6.45) is 7.11. The van der Waals surface area contributed by atoms with Crippen LogP contribution in [-0.4, -0.2) is 43.7 Å². The van der Waals surface area contributed by atoms with Crippen LogP contribution in [0, 0.1) is 12.8 Å². The van der Waals surface area contributed by atoms with Gasteiger partial charge < -0.3 is 15.2 Å². The van der Waals surface area contributed by atoms with Crippen LogP contribution in [0.15, 0.2) is 23.1 Å². The molecule has 2 aliphatic rings. The van der Waals surface area contributed by atoms with Crippen molar-refractivity contribution in [3.8, 4) is 16.2 Å². The molecule has 0 radical (unpaired) electrons. The van der Waals surface area contributed by atoms with Crippen molar-refractivity contribution in [3.63, 3.8) is 0 Å². The molecule has 1 amide bonds. The molecule has 34 heavy (non-hydrogen) atoms. The molecule has 0 saturated heterocycles. The predicted octanol–water partition coefficient (Wildman–Crippen LogP) is 4.23. The molecule has 2 aliphatic carbocycles. The zero-order valence-corrected chi connectivity index (χ0v) is 21.3. The number of carbonyl (C=O) groups excluding carboxylic acids is 1. The number of hydrogen-bond donors (Lipinski definition) is 3. The van der Waals surface area contributed by atoms with E-state index in [1.54, 1.807) is 18.2 Å². The summed E-state index contributed by atoms with van der Waals surface area (Å²) in [5.74, 6) is 0.696. The van der Waals surface area contributed by atoms with Gasteiger partial charge in [0.1, 0.15) is 10.6 Å². The molecule has 2 saturated carbocycles. The molecule has 1 aromatic heterocycles. The number of aryl methyl sites for hydroxylation is 1. The monoisotopic (exact) mass is 507 g/mol. The highest BCUT2D eigenvalue weighted by molar-refractivity contribution is 7.89. The molecule has 4 rings (SSSR count). The van der Waals surface area contributed by atoms with Gasteiger partial charge in [-0.1, -0.05) is 24.2 Å². The second kappa shape index (κ2) is 10.7. The van der Waals surface area contributed by atoms with Crippen LogP contribution in [0.4, 0.5) is 5.13 Å². The maximum Gasteiger partial charge on any atom is 0.244 e. The van der Waals surface area contributed by atoms with E-state index >= 15 is 0 Å². The van der Waals surface area contributed by atoms with Gasteiger partial charge in [-0.25, -0.2) is 18.1 Å². The minimum atomic E-state index is -3.83. The van der Waals surface area contributed by atoms with Crippen LogP contribution in [-0.2, 0) is 14.8 Å². The molecule has 2 aromatic rings. The lowest BCUT2D eigenvalue weighted by molar-refractivity contribution is -0.117. The van der Waals surface area contributed by atoms with Crippen LogP contribution in [0.1, 0.15) is 63.5 Å². The molecular weight excluding hydrogens is 474 g/mol. The van der Waals surface area contributed by atoms with E-state index in [0.717, 1.165) is 23.4 Å². The van der Waals surface area contributed by atoms with Crippen molar-refractivity contribution in [2.24, 2.45) is 5.92 Å². The van der Waals surface area contributed by atoms with Gasteiger partial charge in [-0.3, -0.25) is 4.79 Å². The maximum absolute atomic E-state index is 13.2. The van der Waals surface area contributed by atoms with Gasteiger partial charge in [-0.15, -0.1) is 0 Å². The highest BCUT2D eigenvalue weighted by Gasteiger charge is 2.28. The number of nitrogens with zero attached hydrogens (tertiary/aromatic N) is 1. The normalized spacial score (nSPS) is 21.5. The zero-order chi connectivity index (χ0) is 24.3. The summed E-state index contributed by atoms with van der Waals surface area (Å²) in [5, 5.41) is 13.2. The largest absolute Gasteiger partial charge is 0.495 e. The van der Waals surface area contributed by atoms with Crippen molar-refractivity contribution in [1.82, 2.24) is 9.71 Å². The number of sulfonamides is 1. The number of anilines is 1. The SMILES string of the molecule is COc1ccc(-c2sc(NC(=O)CC3CCCC3)nc2C)cc1S(=O)(=O)N[C@H]1CC[C@H](O)CC1. The summed E-state index contributed by atoms with van der Waals surface area (Å²) in [5.41, 5.74) is 1.43. The van der Waals surface area contributed by atoms with E-state index < -0.39 is 10.0 Å². The average molecular weight is 508 g/mol. The first-order valence-corrected chi connectivity index (χ1v) is 14.2. The van der Waals surface area contributed by atoms with Gasteiger partial charge in [-0.2, -0.15) is 0 Å². The van der Waals surface area contributed by atoms with E-state index in [0.29, 0.717) is 48.7 Å². The first-order valence-electron chi connectivity index (χ1n) is 11.9. The van der Waals surface area contributed by atoms with Crippen molar-refractivity contribution < 1.29 is 23.1 Å². The Kier molecular flexibility index (Phi) is 7.91. The van der Waals surface area contributed by atoms with Crippen LogP contribution in [0.3, 0.4) is 0 Å². The van der Waals surface area contributed by atoms with Gasteiger partial charge in [0.05, 0.1) is 23.8 Å². The highest BCUT2D eigenvalue weighted by Crippen LogP contribution is 2.37. The molecule has 0 atom stereocenters. The summed E-state index contributed by atoms with van der Waals surface area (Å²) in [7, 11) is -2.39. The number of carbonyl (C=O) groups is 1. The minimum Gasteiger partial charge on any atom is -0.495 e. The number of benzene rings is 1. The summed E-state index contributed by atoms with van der Waals surface area (Å²) >= 11 is 1.34. The Morgan fingerprint density at radius 3 is 2.56 bits per heavy atom. The van der Waals surface area contributed by atoms with Gasteiger partial charge in [0, 0.05) is 12.5 Å². The Morgan fingerprint density at radius 2 is 1.88 bits per heavy atom. The topological polar surface area (TPSA) is 118 Å². The summed E-state index contributed by atoms with van der Waals surface area (Å²) in [4.78, 5) is 17.8. The Balaban J connectivity index is 1.53. The van der Waals surface area contributed by atoms with Crippen molar-refractivity contribution >= 4 is 32.4 Å². The lowest BCUT2D eigenvalue weighted by Crippen LogP contribution is -2.38. The Hall–Kier alpha value is -2.01. The zero-order valence-electron chi connectivity index (χ0n) is 19.7. The molecule has 10 heteroatoms. The number of aromatic nitrogens is 1. The van der Waals surface area contributed by atoms with Crippen LogP contribution >= 0.6 is 11.3 Å². The summed E-state index contributed by atoms with van der Waals surface area (Å²) in [6.45, 7) is 1.85. The van der Waals surface area contributed by atoms with Gasteiger partial charge >= 0.3 is 0 Å². The molecule has 2 fully saturated rings. The van der Waals surface area contributed by atoms with Gasteiger partial charge in [0.25, 0.3) is 0 Å². The molecular formula is C24H33N3O5S2. The Labute approximate surface area is 205 Å². The fourth-order valence-electron chi connectivity index (χ4n) is 4.87. The number of amides is 1. The van der Waals surface area contributed by atoms with Crippen molar-refractivity contribution in [2.45, 2.75) is 81.8 Å². The van der Waals surface area contributed by atoms with E-state index in [1.165, 1.54) is 31.3 Å². The predicted molar refractivity (Wildman–Crippen MR) is 133 cm³/mol. The standard InChI is InChI=1S/C24H33N3O5S2/c1-15-23(33-24(25-15)26-22(29)13-16-5-3-4-6-16)17-7-12-20(32-2)21(14-17)34(30,31)27-18-8-10-19(28)11-9-18/h7,12,14,16,18-19,27-28H,3-6,8-11,13H2,1-2H3,(H,25,26,29)/t18-,19-. The van der Waals surface area contributed by atoms with E-state index in [9.17, 15) is 18.3 Å². The van der Waals surface area contributed by atoms with E-state index in [-0.39, 0.29) is 28.7 Å². The van der Waals surface area contributed by atoms with E-state index in [2.05, 4.69) is 15.0 Å². The number of nitrogens with one attached hydrogen (secondary N) is 2. The van der Waals surface area contributed by atoms with Crippen molar-refractivity contribution in [2.75, 3.05) is 12.4 Å². The molecule has 0 bridgehead atoms. The van der Waals surface area contributed by atoms with Crippen molar-refractivity contribution in [1.29, 1.82) is 0 Å². The minimum absolute atomic E-state index is 0.0213. The van der Waals surface area contributed by atoms with Gasteiger partial charge in [0.2, 0.25) is 15.9 Å². The number of rotatable bonds is 8. The molecule has 8 nitrogen and oxygen atoms in total. The third-order valence-electron chi connectivity index (χ3n) is 6.73. The summed E-state index contributed by atoms with van der Waals surface area (Å²) < 4.78 is 34.6. The number of thiazole rings is 1. The molecule has 0 unspecified atom stereocenters. The fraction of sp³-hybridized carbons (Fsp3) is 0.583. The number of ether oxygens (including phenoxy) is 1. The number of methoxy groups -OCH3 is 1. The molecule has 1 aromatic carbocycles. The number of hydrogen-bond acceptors (Lipinski definition) is 7. The lowest BCUT2D eigenvalue weighted by atomic mass is 9.94. The van der Waals surface area contributed by atoms with Crippen molar-refractivity contribution in [3.05, 3.63) is 23.9 Å². The van der Waals surface area contributed by atoms with E-state index in [1.807, 2.05) is 6.92 Å². The lowest BCUT2D eigenvalue weighted by Gasteiger charge is -2.26. The molecule has 186 valence electrons. The molecule has 0 aliphatic heterocycles. The third kappa shape index (κ3) is 5.97. The second-order valence-electron chi connectivity index (χ2n) is 9.33. The Bertz CT molecular complexity index is 1120. The molecule has 1 heterocycles. The van der Waals surface area contributed by atoms with Gasteiger partial charge in [0.15, 0.2) is 5.13 Å². The summed E-state index contributed by atoms with van der Waals surface area (Å²) in [6, 6.07) is 4.84. The average Bonchev–Trinajstić information content (AvgIpc) is 3.44. The van der Waals surface area contributed by atoms with Crippen LogP contribution in [0.5, 0.6) is 5.75 Å². The van der Waals surface area contributed by atoms with Crippen LogP contribution < -0.4 is 14.8 Å². The van der Waals surface area contributed by atoms with Crippen LogP contribution in [0.2, 0.25) is 0 Å². The van der Waals surface area contributed by atoms with Crippen LogP contribution in [0.25, 0.3) is 10.4 Å². The second-order valence-corrected chi connectivity index (χ2v) is 12.0. The quantitative estimate of drug-likeness (QED) is 0.492. The van der Waals surface area contributed by atoms with E-state index in [4.69, 9.17) is 4.74 Å². The highest BCUT2D eigenvalue weighted by atomic mass is 32.2.